The summed E-state index contributed by atoms with van der Waals surface area (Å²) in [6.07, 6.45) is 2.65. The molecule has 0 bridgehead atoms. The summed E-state index contributed by atoms with van der Waals surface area (Å²) in [5.41, 5.74) is 5.19. The van der Waals surface area contributed by atoms with Gasteiger partial charge >= 0.3 is 5.69 Å². The Morgan fingerprint density at radius 3 is 2.58 bits per heavy atom. The molecule has 0 aliphatic rings. The van der Waals surface area contributed by atoms with Gasteiger partial charge in [-0.1, -0.05) is 19.1 Å². The molecule has 2 aromatic carbocycles. The van der Waals surface area contributed by atoms with E-state index < -0.39 is 0 Å². The molecule has 0 unspecified atom stereocenters. The maximum Gasteiger partial charge on any atom is 0.368 e. The summed E-state index contributed by atoms with van der Waals surface area (Å²) < 4.78 is 8.63. The minimum absolute atomic E-state index is 0.299. The Labute approximate surface area is 180 Å². The molecule has 31 heavy (non-hydrogen) atoms. The summed E-state index contributed by atoms with van der Waals surface area (Å²) >= 11 is 0. The van der Waals surface area contributed by atoms with E-state index in [1.165, 1.54) is 9.36 Å². The van der Waals surface area contributed by atoms with Crippen LogP contribution in [0.4, 0.5) is 0 Å². The summed E-state index contributed by atoms with van der Waals surface area (Å²) in [5, 5.41) is 7.78. The quantitative estimate of drug-likeness (QED) is 0.480. The molecule has 0 saturated carbocycles. The van der Waals surface area contributed by atoms with Crippen LogP contribution in [-0.2, 0) is 20.1 Å². The monoisotopic (exact) mass is 416 g/mol. The number of rotatable bonds is 6. The highest BCUT2D eigenvalue weighted by molar-refractivity contribution is 5.58. The molecular weight excluding hydrogens is 392 g/mol. The SMILES string of the molecule is CCc1ccnc(-c2ccc(OCc3c(C)cccc3-n3nnn(C)c3=O)c(C)c2)n1. The van der Waals surface area contributed by atoms with E-state index in [0.29, 0.717) is 18.1 Å². The van der Waals surface area contributed by atoms with Gasteiger partial charge in [-0.3, -0.25) is 0 Å². The van der Waals surface area contributed by atoms with Gasteiger partial charge in [0.05, 0.1) is 5.69 Å². The molecule has 0 amide bonds. The molecule has 0 fully saturated rings. The van der Waals surface area contributed by atoms with Crippen molar-refractivity contribution in [2.75, 3.05) is 0 Å². The topological polar surface area (TPSA) is 87.7 Å². The van der Waals surface area contributed by atoms with Gasteiger partial charge in [-0.15, -0.1) is 0 Å². The fraction of sp³-hybridized carbons (Fsp3) is 0.261. The first-order chi connectivity index (χ1) is 15.0. The third kappa shape index (κ3) is 4.09. The molecule has 8 heteroatoms. The van der Waals surface area contributed by atoms with Crippen LogP contribution >= 0.6 is 0 Å². The third-order valence-corrected chi connectivity index (χ3v) is 5.22. The highest BCUT2D eigenvalue weighted by Gasteiger charge is 2.14. The molecule has 0 aliphatic heterocycles. The van der Waals surface area contributed by atoms with Crippen LogP contribution in [0, 0.1) is 13.8 Å². The summed E-state index contributed by atoms with van der Waals surface area (Å²) in [4.78, 5) is 21.3. The lowest BCUT2D eigenvalue weighted by molar-refractivity contribution is 0.302. The van der Waals surface area contributed by atoms with E-state index in [9.17, 15) is 4.79 Å². The van der Waals surface area contributed by atoms with Crippen molar-refractivity contribution in [1.82, 2.24) is 29.8 Å². The van der Waals surface area contributed by atoms with Gasteiger partial charge in [0.25, 0.3) is 0 Å². The van der Waals surface area contributed by atoms with Crippen LogP contribution < -0.4 is 10.4 Å². The Bertz CT molecular complexity index is 1290. The van der Waals surface area contributed by atoms with Crippen molar-refractivity contribution in [2.45, 2.75) is 33.8 Å². The average Bonchev–Trinajstić information content (AvgIpc) is 3.11. The lowest BCUT2D eigenvalue weighted by Gasteiger charge is -2.15. The highest BCUT2D eigenvalue weighted by Crippen LogP contribution is 2.26. The zero-order chi connectivity index (χ0) is 22.0. The van der Waals surface area contributed by atoms with Gasteiger partial charge in [-0.2, -0.15) is 9.36 Å². The minimum atomic E-state index is -0.304. The van der Waals surface area contributed by atoms with Gasteiger partial charge in [0, 0.05) is 30.1 Å². The lowest BCUT2D eigenvalue weighted by Crippen LogP contribution is -2.23. The summed E-state index contributed by atoms with van der Waals surface area (Å²) in [7, 11) is 1.57. The molecular formula is C23H24N6O2. The molecule has 0 aliphatic carbocycles. The van der Waals surface area contributed by atoms with Gasteiger partial charge in [-0.05, 0) is 72.2 Å². The largest absolute Gasteiger partial charge is 0.489 e. The van der Waals surface area contributed by atoms with Crippen LogP contribution in [0.5, 0.6) is 5.75 Å². The number of aromatic nitrogens is 6. The van der Waals surface area contributed by atoms with E-state index in [1.54, 1.807) is 13.2 Å². The van der Waals surface area contributed by atoms with Crippen LogP contribution in [0.3, 0.4) is 0 Å². The van der Waals surface area contributed by atoms with Crippen molar-refractivity contribution in [3.05, 3.63) is 81.5 Å². The minimum Gasteiger partial charge on any atom is -0.489 e. The normalized spacial score (nSPS) is 11.0. The third-order valence-electron chi connectivity index (χ3n) is 5.22. The number of tetrazole rings is 1. The van der Waals surface area contributed by atoms with E-state index in [0.717, 1.165) is 40.1 Å². The van der Waals surface area contributed by atoms with E-state index in [4.69, 9.17) is 4.74 Å². The Hall–Kier alpha value is -3.81. The van der Waals surface area contributed by atoms with Crippen molar-refractivity contribution in [3.63, 3.8) is 0 Å². The van der Waals surface area contributed by atoms with E-state index in [2.05, 4.69) is 27.3 Å². The molecule has 2 heterocycles. The number of hydrogen-bond acceptors (Lipinski definition) is 6. The lowest BCUT2D eigenvalue weighted by atomic mass is 10.1. The van der Waals surface area contributed by atoms with Gasteiger partial charge in [0.2, 0.25) is 0 Å². The first-order valence-corrected chi connectivity index (χ1v) is 10.1. The maximum atomic E-state index is 12.3. The second-order valence-corrected chi connectivity index (χ2v) is 7.36. The van der Waals surface area contributed by atoms with E-state index >= 15 is 0 Å². The number of hydrogen-bond donors (Lipinski definition) is 0. The Morgan fingerprint density at radius 1 is 1.03 bits per heavy atom. The van der Waals surface area contributed by atoms with Crippen molar-refractivity contribution < 1.29 is 4.74 Å². The molecule has 0 atom stereocenters. The second kappa shape index (κ2) is 8.51. The van der Waals surface area contributed by atoms with Gasteiger partial charge in [0.15, 0.2) is 5.82 Å². The molecule has 0 saturated heterocycles. The summed E-state index contributed by atoms with van der Waals surface area (Å²) in [6, 6.07) is 13.6. The van der Waals surface area contributed by atoms with Gasteiger partial charge < -0.3 is 4.74 Å². The molecule has 2 aromatic heterocycles. The zero-order valence-corrected chi connectivity index (χ0v) is 18.0. The standard InChI is InChI=1S/C23H24N6O2/c1-5-18-11-12-24-22(25-18)17-9-10-21(16(3)13-17)31-14-19-15(2)7-6-8-20(19)29-23(30)28(4)26-27-29/h6-13H,5,14H2,1-4H3. The Kier molecular flexibility index (Phi) is 5.62. The van der Waals surface area contributed by atoms with Crippen molar-refractivity contribution >= 4 is 0 Å². The Balaban J connectivity index is 1.60. The van der Waals surface area contributed by atoms with E-state index in [1.807, 2.05) is 56.3 Å². The molecule has 4 aromatic rings. The zero-order valence-electron chi connectivity index (χ0n) is 18.0. The predicted octanol–water partition coefficient (Wildman–Crippen LogP) is 3.18. The first kappa shape index (κ1) is 20.5. The van der Waals surface area contributed by atoms with E-state index in [-0.39, 0.29) is 5.69 Å². The predicted molar refractivity (Wildman–Crippen MR) is 117 cm³/mol. The maximum absolute atomic E-state index is 12.3. The molecule has 0 radical (unpaired) electrons. The van der Waals surface area contributed by atoms with Crippen molar-refractivity contribution in [2.24, 2.45) is 7.05 Å². The Morgan fingerprint density at radius 2 is 1.87 bits per heavy atom. The average molecular weight is 416 g/mol. The second-order valence-electron chi connectivity index (χ2n) is 7.36. The smallest absolute Gasteiger partial charge is 0.368 e. The fourth-order valence-electron chi connectivity index (χ4n) is 3.37. The van der Waals surface area contributed by atoms with Crippen molar-refractivity contribution in [3.8, 4) is 22.8 Å². The first-order valence-electron chi connectivity index (χ1n) is 10.1. The molecule has 158 valence electrons. The number of aryl methyl sites for hydroxylation is 4. The van der Waals surface area contributed by atoms with Crippen LogP contribution in [0.1, 0.15) is 29.3 Å². The van der Waals surface area contributed by atoms with Crippen LogP contribution in [-0.4, -0.2) is 29.8 Å². The summed E-state index contributed by atoms with van der Waals surface area (Å²) in [5.74, 6) is 1.47. The molecule has 4 rings (SSSR count). The van der Waals surface area contributed by atoms with Crippen molar-refractivity contribution in [1.29, 1.82) is 0 Å². The summed E-state index contributed by atoms with van der Waals surface area (Å²) in [6.45, 7) is 6.35. The van der Waals surface area contributed by atoms with Crippen LogP contribution in [0.2, 0.25) is 0 Å². The number of ether oxygens (including phenoxy) is 1. The highest BCUT2D eigenvalue weighted by atomic mass is 16.5. The van der Waals surface area contributed by atoms with Gasteiger partial charge in [0.1, 0.15) is 12.4 Å². The number of benzene rings is 2. The van der Waals surface area contributed by atoms with Crippen LogP contribution in [0.25, 0.3) is 17.1 Å². The van der Waals surface area contributed by atoms with Gasteiger partial charge in [-0.25, -0.2) is 14.8 Å². The fourth-order valence-corrected chi connectivity index (χ4v) is 3.37. The number of nitrogens with zero attached hydrogens (tertiary/aromatic N) is 6. The molecule has 8 nitrogen and oxygen atoms in total. The molecule has 0 spiro atoms. The molecule has 0 N–H and O–H groups in total. The van der Waals surface area contributed by atoms with Crippen LogP contribution in [0.15, 0.2) is 53.5 Å².